The summed E-state index contributed by atoms with van der Waals surface area (Å²) in [6.07, 6.45) is 5.80. The van der Waals surface area contributed by atoms with Crippen molar-refractivity contribution in [1.82, 2.24) is 4.98 Å². The van der Waals surface area contributed by atoms with Crippen LogP contribution in [-0.4, -0.2) is 37.4 Å². The molecule has 2 aromatic rings. The number of aliphatic hydroxyl groups excluding tert-OH is 1. The molecule has 21 heavy (non-hydrogen) atoms. The fourth-order valence-electron chi connectivity index (χ4n) is 1.80. The lowest BCUT2D eigenvalue weighted by atomic mass is 10.1. The van der Waals surface area contributed by atoms with Gasteiger partial charge < -0.3 is 14.7 Å². The number of rotatable bonds is 6. The molecule has 4 heteroatoms. The van der Waals surface area contributed by atoms with Crippen molar-refractivity contribution in [1.29, 1.82) is 0 Å². The van der Waals surface area contributed by atoms with Crippen molar-refractivity contribution in [3.63, 3.8) is 0 Å². The van der Waals surface area contributed by atoms with Crippen LogP contribution in [-0.2, 0) is 0 Å². The number of hydrogen-bond donors (Lipinski definition) is 1. The molecule has 2 rings (SSSR count). The number of nitrogens with zero attached hydrogens (tertiary/aromatic N) is 2. The van der Waals surface area contributed by atoms with Crippen molar-refractivity contribution in [2.75, 3.05) is 32.2 Å². The summed E-state index contributed by atoms with van der Waals surface area (Å²) in [6, 6.07) is 12.1. The fraction of sp³-hybridized carbons (Fsp3) is 0.235. The maximum atomic E-state index is 8.68. The van der Waals surface area contributed by atoms with E-state index in [1.807, 2.05) is 32.3 Å². The lowest BCUT2D eigenvalue weighted by molar-refractivity contribution is 0.196. The van der Waals surface area contributed by atoms with Crippen LogP contribution in [0.15, 0.2) is 42.6 Å². The molecule has 0 atom stereocenters. The third-order valence-corrected chi connectivity index (χ3v) is 2.98. The predicted octanol–water partition coefficient (Wildman–Crippen LogP) is 2.69. The summed E-state index contributed by atoms with van der Waals surface area (Å²) in [4.78, 5) is 6.25. The van der Waals surface area contributed by atoms with E-state index in [1.54, 1.807) is 12.3 Å². The summed E-state index contributed by atoms with van der Waals surface area (Å²) in [5.74, 6) is 0.525. The summed E-state index contributed by atoms with van der Waals surface area (Å²) in [5, 5.41) is 8.68. The third kappa shape index (κ3) is 4.61. The minimum Gasteiger partial charge on any atom is -0.475 e. The molecule has 4 nitrogen and oxygen atoms in total. The van der Waals surface area contributed by atoms with Crippen LogP contribution < -0.4 is 9.64 Å². The molecule has 0 fully saturated rings. The SMILES string of the molecule is CN(C)c1ccc(C=Cc2ccc(OCCO)nc2)cc1. The second kappa shape index (κ2) is 7.45. The first-order chi connectivity index (χ1) is 10.2. The van der Waals surface area contributed by atoms with Gasteiger partial charge in [0, 0.05) is 32.0 Å². The van der Waals surface area contributed by atoms with Gasteiger partial charge >= 0.3 is 0 Å². The largest absolute Gasteiger partial charge is 0.475 e. The van der Waals surface area contributed by atoms with E-state index in [9.17, 15) is 0 Å². The van der Waals surface area contributed by atoms with Crippen LogP contribution in [0.3, 0.4) is 0 Å². The molecule has 0 aliphatic carbocycles. The van der Waals surface area contributed by atoms with E-state index in [4.69, 9.17) is 9.84 Å². The molecule has 0 saturated carbocycles. The van der Waals surface area contributed by atoms with E-state index in [0.29, 0.717) is 5.88 Å². The average Bonchev–Trinajstić information content (AvgIpc) is 2.52. The number of hydrogen-bond acceptors (Lipinski definition) is 4. The van der Waals surface area contributed by atoms with Gasteiger partial charge in [0.1, 0.15) is 6.61 Å². The zero-order valence-electron chi connectivity index (χ0n) is 12.4. The van der Waals surface area contributed by atoms with Crippen LogP contribution in [0.4, 0.5) is 5.69 Å². The Labute approximate surface area is 125 Å². The first-order valence-corrected chi connectivity index (χ1v) is 6.84. The van der Waals surface area contributed by atoms with Gasteiger partial charge in [0.2, 0.25) is 5.88 Å². The summed E-state index contributed by atoms with van der Waals surface area (Å²) >= 11 is 0. The predicted molar refractivity (Wildman–Crippen MR) is 86.5 cm³/mol. The molecular weight excluding hydrogens is 264 g/mol. The Balaban J connectivity index is 2.00. The lowest BCUT2D eigenvalue weighted by Gasteiger charge is -2.11. The molecule has 0 unspecified atom stereocenters. The number of benzene rings is 1. The fourth-order valence-corrected chi connectivity index (χ4v) is 1.80. The van der Waals surface area contributed by atoms with Crippen molar-refractivity contribution in [3.05, 3.63) is 53.7 Å². The van der Waals surface area contributed by atoms with Crippen LogP contribution >= 0.6 is 0 Å². The smallest absolute Gasteiger partial charge is 0.213 e. The first-order valence-electron chi connectivity index (χ1n) is 6.84. The second-order valence-corrected chi connectivity index (χ2v) is 4.82. The van der Waals surface area contributed by atoms with Gasteiger partial charge in [-0.25, -0.2) is 4.98 Å². The van der Waals surface area contributed by atoms with Crippen LogP contribution in [0.5, 0.6) is 5.88 Å². The van der Waals surface area contributed by atoms with Gasteiger partial charge in [-0.15, -0.1) is 0 Å². The van der Waals surface area contributed by atoms with Crippen molar-refractivity contribution < 1.29 is 9.84 Å². The molecule has 0 saturated heterocycles. The monoisotopic (exact) mass is 284 g/mol. The van der Waals surface area contributed by atoms with E-state index in [0.717, 1.165) is 11.1 Å². The van der Waals surface area contributed by atoms with E-state index in [-0.39, 0.29) is 13.2 Å². The van der Waals surface area contributed by atoms with Gasteiger partial charge in [0.15, 0.2) is 0 Å². The molecule has 0 amide bonds. The third-order valence-electron chi connectivity index (χ3n) is 2.98. The standard InChI is InChI=1S/C17H20N2O2/c1-19(2)16-8-5-14(6-9-16)3-4-15-7-10-17(18-13-15)21-12-11-20/h3-10,13,20H,11-12H2,1-2H3. The van der Waals surface area contributed by atoms with Crippen LogP contribution in [0.2, 0.25) is 0 Å². The molecule has 1 aromatic heterocycles. The van der Waals surface area contributed by atoms with E-state index < -0.39 is 0 Å². The molecule has 0 aliphatic rings. The number of aromatic nitrogens is 1. The minimum atomic E-state index is -0.00766. The Bertz CT molecular complexity index is 575. The summed E-state index contributed by atoms with van der Waals surface area (Å²) in [7, 11) is 4.05. The van der Waals surface area contributed by atoms with Crippen LogP contribution in [0, 0.1) is 0 Å². The molecule has 1 N–H and O–H groups in total. The Hall–Kier alpha value is -2.33. The Morgan fingerprint density at radius 3 is 2.29 bits per heavy atom. The summed E-state index contributed by atoms with van der Waals surface area (Å²) in [5.41, 5.74) is 3.32. The van der Waals surface area contributed by atoms with Gasteiger partial charge in [0.05, 0.1) is 6.61 Å². The second-order valence-electron chi connectivity index (χ2n) is 4.82. The lowest BCUT2D eigenvalue weighted by Crippen LogP contribution is -2.07. The van der Waals surface area contributed by atoms with Crippen molar-refractivity contribution in [3.8, 4) is 5.88 Å². The highest BCUT2D eigenvalue weighted by Gasteiger charge is 1.96. The molecule has 0 aliphatic heterocycles. The number of pyridine rings is 1. The van der Waals surface area contributed by atoms with Gasteiger partial charge in [-0.2, -0.15) is 0 Å². The normalized spacial score (nSPS) is 10.8. The van der Waals surface area contributed by atoms with Crippen LogP contribution in [0.1, 0.15) is 11.1 Å². The number of aliphatic hydroxyl groups is 1. The average molecular weight is 284 g/mol. The maximum absolute atomic E-state index is 8.68. The highest BCUT2D eigenvalue weighted by Crippen LogP contribution is 2.15. The van der Waals surface area contributed by atoms with Crippen molar-refractivity contribution in [2.24, 2.45) is 0 Å². The Morgan fingerprint density at radius 2 is 1.71 bits per heavy atom. The van der Waals surface area contributed by atoms with Gasteiger partial charge in [0.25, 0.3) is 0 Å². The zero-order chi connectivity index (χ0) is 15.1. The first kappa shape index (κ1) is 15.1. The number of ether oxygens (including phenoxy) is 1. The highest BCUT2D eigenvalue weighted by atomic mass is 16.5. The van der Waals surface area contributed by atoms with E-state index >= 15 is 0 Å². The van der Waals surface area contributed by atoms with Gasteiger partial charge in [-0.05, 0) is 29.3 Å². The highest BCUT2D eigenvalue weighted by molar-refractivity contribution is 5.70. The summed E-state index contributed by atoms with van der Waals surface area (Å²) in [6.45, 7) is 0.257. The molecule has 1 heterocycles. The van der Waals surface area contributed by atoms with Crippen LogP contribution in [0.25, 0.3) is 12.2 Å². The summed E-state index contributed by atoms with van der Waals surface area (Å²) < 4.78 is 5.22. The minimum absolute atomic E-state index is 0.00766. The molecule has 110 valence electrons. The maximum Gasteiger partial charge on any atom is 0.213 e. The van der Waals surface area contributed by atoms with Crippen molar-refractivity contribution in [2.45, 2.75) is 0 Å². The number of anilines is 1. The molecule has 1 aromatic carbocycles. The van der Waals surface area contributed by atoms with Crippen molar-refractivity contribution >= 4 is 17.8 Å². The van der Waals surface area contributed by atoms with Gasteiger partial charge in [-0.3, -0.25) is 0 Å². The molecule has 0 bridgehead atoms. The molecule has 0 radical (unpaired) electrons. The quantitative estimate of drug-likeness (QED) is 0.886. The molecule has 0 spiro atoms. The molecular formula is C17H20N2O2. The van der Waals surface area contributed by atoms with E-state index in [2.05, 4.69) is 34.1 Å². The van der Waals surface area contributed by atoms with E-state index in [1.165, 1.54) is 5.69 Å². The Morgan fingerprint density at radius 1 is 1.05 bits per heavy atom. The zero-order valence-corrected chi connectivity index (χ0v) is 12.4. The Kier molecular flexibility index (Phi) is 5.35. The van der Waals surface area contributed by atoms with Gasteiger partial charge in [-0.1, -0.05) is 24.3 Å². The topological polar surface area (TPSA) is 45.6 Å².